The van der Waals surface area contributed by atoms with Crippen molar-refractivity contribution in [2.24, 2.45) is 0 Å². The molecule has 33 heavy (non-hydrogen) atoms. The Hall–Kier alpha value is -3.93. The first-order valence-corrected chi connectivity index (χ1v) is 10.9. The lowest BCUT2D eigenvalue weighted by molar-refractivity contribution is -0.132. The number of aliphatic hydroxyl groups is 1. The van der Waals surface area contributed by atoms with Crippen molar-refractivity contribution in [1.82, 2.24) is 4.98 Å². The van der Waals surface area contributed by atoms with Gasteiger partial charge in [0.15, 0.2) is 0 Å². The molecule has 0 spiro atoms. The Bertz CT molecular complexity index is 1210. The molecule has 6 heteroatoms. The van der Waals surface area contributed by atoms with Crippen LogP contribution in [0.3, 0.4) is 0 Å². The second-order valence-electron chi connectivity index (χ2n) is 8.15. The van der Waals surface area contributed by atoms with Gasteiger partial charge in [0.25, 0.3) is 11.7 Å². The summed E-state index contributed by atoms with van der Waals surface area (Å²) < 4.78 is 5.68. The Morgan fingerprint density at radius 1 is 1.03 bits per heavy atom. The van der Waals surface area contributed by atoms with Crippen molar-refractivity contribution in [1.29, 1.82) is 0 Å². The van der Waals surface area contributed by atoms with Crippen LogP contribution in [0, 0.1) is 13.8 Å². The molecule has 6 nitrogen and oxygen atoms in total. The van der Waals surface area contributed by atoms with Crippen LogP contribution in [0.5, 0.6) is 5.75 Å². The number of pyridine rings is 1. The van der Waals surface area contributed by atoms with Crippen molar-refractivity contribution in [3.05, 3.63) is 94.8 Å². The van der Waals surface area contributed by atoms with E-state index in [1.165, 1.54) is 4.90 Å². The third-order valence-corrected chi connectivity index (χ3v) is 5.48. The summed E-state index contributed by atoms with van der Waals surface area (Å²) in [5, 5.41) is 11.3. The van der Waals surface area contributed by atoms with E-state index in [1.54, 1.807) is 48.7 Å². The molecule has 2 aromatic carbocycles. The maximum absolute atomic E-state index is 13.2. The van der Waals surface area contributed by atoms with Gasteiger partial charge in [-0.25, -0.2) is 0 Å². The number of aromatic nitrogens is 1. The number of benzene rings is 2. The maximum atomic E-state index is 13.2. The van der Waals surface area contributed by atoms with E-state index in [0.717, 1.165) is 17.5 Å². The van der Waals surface area contributed by atoms with E-state index >= 15 is 0 Å². The number of rotatable bonds is 6. The predicted molar refractivity (Wildman–Crippen MR) is 127 cm³/mol. The van der Waals surface area contributed by atoms with E-state index in [-0.39, 0.29) is 11.3 Å². The van der Waals surface area contributed by atoms with Crippen LogP contribution >= 0.6 is 0 Å². The fourth-order valence-electron chi connectivity index (χ4n) is 4.11. The highest BCUT2D eigenvalue weighted by Gasteiger charge is 2.47. The summed E-state index contributed by atoms with van der Waals surface area (Å²) in [4.78, 5) is 32.3. The molecule has 1 unspecified atom stereocenters. The number of Topliss-reactive ketones (excluding diaryl/α,β-unsaturated/α-hetero) is 1. The molecule has 1 aliphatic rings. The SMILES string of the molecule is CCCOc1cccc(/C(O)=C2\C(=O)C(=O)N(c3cc(C)cc(C)c3)C2c2ccccn2)c1. The molecule has 1 amide bonds. The molecule has 0 saturated carbocycles. The number of anilines is 1. The van der Waals surface area contributed by atoms with Gasteiger partial charge in [0.2, 0.25) is 0 Å². The molecule has 0 aliphatic carbocycles. The zero-order valence-corrected chi connectivity index (χ0v) is 18.9. The molecule has 0 bridgehead atoms. The smallest absolute Gasteiger partial charge is 0.300 e. The molecular weight excluding hydrogens is 416 g/mol. The van der Waals surface area contributed by atoms with Gasteiger partial charge >= 0.3 is 0 Å². The van der Waals surface area contributed by atoms with Gasteiger partial charge in [0.1, 0.15) is 17.6 Å². The summed E-state index contributed by atoms with van der Waals surface area (Å²) >= 11 is 0. The number of aliphatic hydroxyl groups excluding tert-OH is 1. The first-order chi connectivity index (χ1) is 15.9. The van der Waals surface area contributed by atoms with Crippen molar-refractivity contribution in [2.45, 2.75) is 33.2 Å². The van der Waals surface area contributed by atoms with Crippen LogP contribution in [0.2, 0.25) is 0 Å². The van der Waals surface area contributed by atoms with Gasteiger partial charge < -0.3 is 9.84 Å². The molecule has 1 aliphatic heterocycles. The van der Waals surface area contributed by atoms with Gasteiger partial charge in [-0.1, -0.05) is 31.2 Å². The standard InChI is InChI=1S/C27H26N2O4/c1-4-12-33-21-9-7-8-19(16-21)25(30)23-24(22-10-5-6-11-28-22)29(27(32)26(23)31)20-14-17(2)13-18(3)15-20/h5-11,13-16,24,30H,4,12H2,1-3H3/b25-23+. The Morgan fingerprint density at radius 2 is 1.79 bits per heavy atom. The fraction of sp³-hybridized carbons (Fsp3) is 0.222. The van der Waals surface area contributed by atoms with Crippen molar-refractivity contribution in [3.8, 4) is 5.75 Å². The van der Waals surface area contributed by atoms with E-state index in [1.807, 2.05) is 39.0 Å². The minimum Gasteiger partial charge on any atom is -0.507 e. The minimum absolute atomic E-state index is 0.00509. The van der Waals surface area contributed by atoms with Gasteiger partial charge in [-0.3, -0.25) is 19.5 Å². The highest BCUT2D eigenvalue weighted by Crippen LogP contribution is 2.42. The summed E-state index contributed by atoms with van der Waals surface area (Å²) in [6.45, 7) is 6.41. The third kappa shape index (κ3) is 4.37. The van der Waals surface area contributed by atoms with Crippen molar-refractivity contribution < 1.29 is 19.4 Å². The fourth-order valence-corrected chi connectivity index (χ4v) is 4.11. The van der Waals surface area contributed by atoms with Crippen LogP contribution in [-0.4, -0.2) is 28.4 Å². The van der Waals surface area contributed by atoms with Crippen molar-refractivity contribution in [2.75, 3.05) is 11.5 Å². The van der Waals surface area contributed by atoms with E-state index in [4.69, 9.17) is 4.74 Å². The number of carbonyl (C=O) groups is 2. The Balaban J connectivity index is 1.89. The summed E-state index contributed by atoms with van der Waals surface area (Å²) in [6, 6.07) is 17.1. The molecule has 1 atom stereocenters. The van der Waals surface area contributed by atoms with Crippen LogP contribution < -0.4 is 9.64 Å². The van der Waals surface area contributed by atoms with Gasteiger partial charge in [0, 0.05) is 17.4 Å². The number of ether oxygens (including phenoxy) is 1. The molecule has 1 aromatic heterocycles. The molecule has 1 saturated heterocycles. The average Bonchev–Trinajstić information content (AvgIpc) is 3.08. The van der Waals surface area contributed by atoms with E-state index in [9.17, 15) is 14.7 Å². The number of hydrogen-bond donors (Lipinski definition) is 1. The summed E-state index contributed by atoms with van der Waals surface area (Å²) in [5.74, 6) is -1.12. The second kappa shape index (κ2) is 9.28. The highest BCUT2D eigenvalue weighted by atomic mass is 16.5. The summed E-state index contributed by atoms with van der Waals surface area (Å²) in [5.41, 5.74) is 3.42. The zero-order valence-electron chi connectivity index (χ0n) is 18.9. The second-order valence-corrected chi connectivity index (χ2v) is 8.15. The predicted octanol–water partition coefficient (Wildman–Crippen LogP) is 5.11. The number of aryl methyl sites for hydroxylation is 2. The van der Waals surface area contributed by atoms with Gasteiger partial charge in [0.05, 0.1) is 17.9 Å². The molecule has 168 valence electrons. The van der Waals surface area contributed by atoms with Crippen LogP contribution in [0.4, 0.5) is 5.69 Å². The molecule has 1 fully saturated rings. The van der Waals surface area contributed by atoms with E-state index < -0.39 is 17.7 Å². The number of nitrogens with zero attached hydrogens (tertiary/aromatic N) is 2. The Kier molecular flexibility index (Phi) is 6.27. The highest BCUT2D eigenvalue weighted by molar-refractivity contribution is 6.51. The number of carbonyl (C=O) groups excluding carboxylic acids is 2. The van der Waals surface area contributed by atoms with Crippen LogP contribution in [0.15, 0.2) is 72.4 Å². The molecule has 3 aromatic rings. The molecule has 2 heterocycles. The zero-order chi connectivity index (χ0) is 23.5. The topological polar surface area (TPSA) is 79.7 Å². The molecule has 4 rings (SSSR count). The molecular formula is C27H26N2O4. The number of hydrogen-bond acceptors (Lipinski definition) is 5. The normalized spacial score (nSPS) is 17.4. The molecule has 0 radical (unpaired) electrons. The lowest BCUT2D eigenvalue weighted by Gasteiger charge is -2.25. The van der Waals surface area contributed by atoms with Gasteiger partial charge in [-0.05, 0) is 67.8 Å². The summed E-state index contributed by atoms with van der Waals surface area (Å²) in [6.07, 6.45) is 2.45. The first kappa shape index (κ1) is 22.3. The molecule has 1 N–H and O–H groups in total. The largest absolute Gasteiger partial charge is 0.507 e. The first-order valence-electron chi connectivity index (χ1n) is 10.9. The minimum atomic E-state index is -0.854. The van der Waals surface area contributed by atoms with Crippen LogP contribution in [0.1, 0.15) is 41.8 Å². The van der Waals surface area contributed by atoms with Gasteiger partial charge in [-0.15, -0.1) is 0 Å². The third-order valence-electron chi connectivity index (χ3n) is 5.48. The quantitative estimate of drug-likeness (QED) is 0.326. The van der Waals surface area contributed by atoms with Crippen LogP contribution in [0.25, 0.3) is 5.76 Å². The van der Waals surface area contributed by atoms with Crippen molar-refractivity contribution >= 4 is 23.1 Å². The van der Waals surface area contributed by atoms with Gasteiger partial charge in [-0.2, -0.15) is 0 Å². The summed E-state index contributed by atoms with van der Waals surface area (Å²) in [7, 11) is 0. The van der Waals surface area contributed by atoms with E-state index in [0.29, 0.717) is 29.3 Å². The van der Waals surface area contributed by atoms with Crippen molar-refractivity contribution in [3.63, 3.8) is 0 Å². The Labute approximate surface area is 193 Å². The van der Waals surface area contributed by atoms with Crippen LogP contribution in [-0.2, 0) is 9.59 Å². The average molecular weight is 443 g/mol. The lowest BCUT2D eigenvalue weighted by atomic mass is 9.98. The number of ketones is 1. The lowest BCUT2D eigenvalue weighted by Crippen LogP contribution is -2.30. The Morgan fingerprint density at radius 3 is 2.45 bits per heavy atom. The monoisotopic (exact) mass is 442 g/mol. The maximum Gasteiger partial charge on any atom is 0.300 e. The number of amides is 1. The van der Waals surface area contributed by atoms with E-state index in [2.05, 4.69) is 4.98 Å².